The number of ether oxygens (including phenoxy) is 2. The van der Waals surface area contributed by atoms with E-state index in [1.165, 1.54) is 0 Å². The molecule has 0 amide bonds. The fraction of sp³-hybridized carbons (Fsp3) is 0.130. The normalized spacial score (nSPS) is 10.6. The summed E-state index contributed by atoms with van der Waals surface area (Å²) in [7, 11) is 0. The minimum Gasteiger partial charge on any atom is -0.490 e. The van der Waals surface area contributed by atoms with Gasteiger partial charge in [-0.25, -0.2) is 0 Å². The van der Waals surface area contributed by atoms with Crippen molar-refractivity contribution in [3.05, 3.63) is 94.5 Å². The SMILES string of the molecule is S=C(NCc1ccccc1)N/N=C/c1cccc(OCCOc2ccc(Br)cc2)c1. The van der Waals surface area contributed by atoms with E-state index in [0.29, 0.717) is 24.9 Å². The van der Waals surface area contributed by atoms with Gasteiger partial charge in [-0.1, -0.05) is 58.4 Å². The molecule has 0 aliphatic carbocycles. The number of hydrogen-bond acceptors (Lipinski definition) is 4. The third-order valence-electron chi connectivity index (χ3n) is 3.97. The molecule has 0 radical (unpaired) electrons. The van der Waals surface area contributed by atoms with Crippen molar-refractivity contribution < 1.29 is 9.47 Å². The Bertz CT molecular complexity index is 966. The maximum absolute atomic E-state index is 5.75. The molecule has 7 heteroatoms. The predicted octanol–water partition coefficient (Wildman–Crippen LogP) is 4.91. The Hall–Kier alpha value is -2.90. The first-order valence-electron chi connectivity index (χ1n) is 9.41. The molecular formula is C23H22BrN3O2S. The van der Waals surface area contributed by atoms with E-state index in [4.69, 9.17) is 21.7 Å². The van der Waals surface area contributed by atoms with E-state index < -0.39 is 0 Å². The highest BCUT2D eigenvalue weighted by Crippen LogP contribution is 2.16. The van der Waals surface area contributed by atoms with Crippen LogP contribution in [-0.2, 0) is 6.54 Å². The zero-order chi connectivity index (χ0) is 21.0. The number of rotatable bonds is 9. The predicted molar refractivity (Wildman–Crippen MR) is 128 cm³/mol. The first kappa shape index (κ1) is 21.8. The summed E-state index contributed by atoms with van der Waals surface area (Å²) in [6, 6.07) is 25.4. The molecule has 0 fully saturated rings. The highest BCUT2D eigenvalue weighted by molar-refractivity contribution is 9.10. The van der Waals surface area contributed by atoms with Crippen LogP contribution < -0.4 is 20.2 Å². The summed E-state index contributed by atoms with van der Waals surface area (Å²) in [6.07, 6.45) is 1.70. The van der Waals surface area contributed by atoms with Crippen LogP contribution in [0.4, 0.5) is 0 Å². The maximum Gasteiger partial charge on any atom is 0.187 e. The van der Waals surface area contributed by atoms with Crippen LogP contribution in [0, 0.1) is 0 Å². The van der Waals surface area contributed by atoms with Crippen LogP contribution in [0.1, 0.15) is 11.1 Å². The third kappa shape index (κ3) is 7.85. The Morgan fingerprint density at radius 1 is 0.900 bits per heavy atom. The van der Waals surface area contributed by atoms with Crippen LogP contribution in [-0.4, -0.2) is 24.5 Å². The first-order chi connectivity index (χ1) is 14.7. The van der Waals surface area contributed by atoms with Gasteiger partial charge in [0.2, 0.25) is 0 Å². The van der Waals surface area contributed by atoms with Gasteiger partial charge in [0, 0.05) is 11.0 Å². The van der Waals surface area contributed by atoms with Gasteiger partial charge in [-0.2, -0.15) is 5.10 Å². The van der Waals surface area contributed by atoms with E-state index in [1.54, 1.807) is 6.21 Å². The van der Waals surface area contributed by atoms with E-state index in [-0.39, 0.29) is 0 Å². The van der Waals surface area contributed by atoms with Crippen LogP contribution in [0.15, 0.2) is 88.4 Å². The van der Waals surface area contributed by atoms with Crippen molar-refractivity contribution in [3.8, 4) is 11.5 Å². The van der Waals surface area contributed by atoms with Gasteiger partial charge < -0.3 is 14.8 Å². The van der Waals surface area contributed by atoms with Gasteiger partial charge in [0.25, 0.3) is 0 Å². The molecule has 0 saturated heterocycles. The Morgan fingerprint density at radius 3 is 2.40 bits per heavy atom. The summed E-state index contributed by atoms with van der Waals surface area (Å²) < 4.78 is 12.4. The van der Waals surface area contributed by atoms with Crippen molar-refractivity contribution in [1.29, 1.82) is 0 Å². The summed E-state index contributed by atoms with van der Waals surface area (Å²) in [5.74, 6) is 1.56. The molecule has 0 bridgehead atoms. The van der Waals surface area contributed by atoms with Crippen LogP contribution in [0.5, 0.6) is 11.5 Å². The number of hydrazone groups is 1. The fourth-order valence-electron chi connectivity index (χ4n) is 2.52. The Kier molecular flexibility index (Phi) is 8.68. The smallest absolute Gasteiger partial charge is 0.187 e. The molecule has 0 atom stereocenters. The second kappa shape index (κ2) is 11.9. The summed E-state index contributed by atoms with van der Waals surface area (Å²) in [6.45, 7) is 1.55. The molecule has 30 heavy (non-hydrogen) atoms. The lowest BCUT2D eigenvalue weighted by Gasteiger charge is -2.09. The molecule has 0 saturated carbocycles. The number of nitrogens with one attached hydrogen (secondary N) is 2. The van der Waals surface area contributed by atoms with Crippen molar-refractivity contribution in [2.75, 3.05) is 13.2 Å². The summed E-state index contributed by atoms with van der Waals surface area (Å²) in [5.41, 5.74) is 4.88. The standard InChI is InChI=1S/C23H22BrN3O2S/c24-20-9-11-21(12-10-20)28-13-14-29-22-8-4-7-19(15-22)17-26-27-23(30)25-16-18-5-2-1-3-6-18/h1-12,15,17H,13-14,16H2,(H2,25,27,30)/b26-17+. The molecule has 0 aliphatic heterocycles. The van der Waals surface area contributed by atoms with Crippen LogP contribution in [0.2, 0.25) is 0 Å². The molecular weight excluding hydrogens is 462 g/mol. The molecule has 0 heterocycles. The molecule has 0 aromatic heterocycles. The average molecular weight is 484 g/mol. The largest absolute Gasteiger partial charge is 0.490 e. The third-order valence-corrected chi connectivity index (χ3v) is 4.73. The van der Waals surface area contributed by atoms with E-state index in [2.05, 4.69) is 31.8 Å². The van der Waals surface area contributed by atoms with Gasteiger partial charge in [-0.3, -0.25) is 5.43 Å². The monoisotopic (exact) mass is 483 g/mol. The fourth-order valence-corrected chi connectivity index (χ4v) is 2.91. The van der Waals surface area contributed by atoms with Gasteiger partial charge in [0.15, 0.2) is 5.11 Å². The van der Waals surface area contributed by atoms with Gasteiger partial charge in [0.05, 0.1) is 6.21 Å². The summed E-state index contributed by atoms with van der Waals surface area (Å²) in [4.78, 5) is 0. The lowest BCUT2D eigenvalue weighted by molar-refractivity contribution is 0.217. The zero-order valence-corrected chi connectivity index (χ0v) is 18.7. The zero-order valence-electron chi connectivity index (χ0n) is 16.3. The van der Waals surface area contributed by atoms with Crippen molar-refractivity contribution in [3.63, 3.8) is 0 Å². The molecule has 5 nitrogen and oxygen atoms in total. The van der Waals surface area contributed by atoms with Crippen molar-refractivity contribution >= 4 is 39.5 Å². The van der Waals surface area contributed by atoms with Gasteiger partial charge in [-0.15, -0.1) is 0 Å². The summed E-state index contributed by atoms with van der Waals surface area (Å²) >= 11 is 8.64. The van der Waals surface area contributed by atoms with E-state index >= 15 is 0 Å². The quantitative estimate of drug-likeness (QED) is 0.196. The second-order valence-corrected chi connectivity index (χ2v) is 7.59. The van der Waals surface area contributed by atoms with E-state index in [0.717, 1.165) is 27.1 Å². The molecule has 3 aromatic rings. The molecule has 2 N–H and O–H groups in total. The van der Waals surface area contributed by atoms with Crippen LogP contribution in [0.3, 0.4) is 0 Å². The van der Waals surface area contributed by atoms with Crippen molar-refractivity contribution in [1.82, 2.24) is 10.7 Å². The highest BCUT2D eigenvalue weighted by atomic mass is 79.9. The highest BCUT2D eigenvalue weighted by Gasteiger charge is 1.98. The minimum absolute atomic E-state index is 0.447. The molecule has 0 unspecified atom stereocenters. The van der Waals surface area contributed by atoms with Crippen LogP contribution >= 0.6 is 28.1 Å². The second-order valence-electron chi connectivity index (χ2n) is 6.26. The Labute approximate surface area is 190 Å². The van der Waals surface area contributed by atoms with Crippen LogP contribution in [0.25, 0.3) is 0 Å². The van der Waals surface area contributed by atoms with Gasteiger partial charge in [-0.05, 0) is 59.7 Å². The first-order valence-corrected chi connectivity index (χ1v) is 10.6. The molecule has 0 aliphatic rings. The molecule has 0 spiro atoms. The minimum atomic E-state index is 0.447. The lowest BCUT2D eigenvalue weighted by Crippen LogP contribution is -2.31. The maximum atomic E-state index is 5.75. The number of halogens is 1. The molecule has 3 rings (SSSR count). The number of nitrogens with zero attached hydrogens (tertiary/aromatic N) is 1. The number of hydrogen-bond donors (Lipinski definition) is 2. The molecule has 3 aromatic carbocycles. The Balaban J connectivity index is 1.38. The van der Waals surface area contributed by atoms with Gasteiger partial charge in [0.1, 0.15) is 24.7 Å². The Morgan fingerprint density at radius 2 is 1.63 bits per heavy atom. The van der Waals surface area contributed by atoms with E-state index in [1.807, 2.05) is 78.9 Å². The number of benzene rings is 3. The number of thiocarbonyl (C=S) groups is 1. The molecule has 154 valence electrons. The van der Waals surface area contributed by atoms with E-state index in [9.17, 15) is 0 Å². The summed E-state index contributed by atoms with van der Waals surface area (Å²) in [5, 5.41) is 7.75. The van der Waals surface area contributed by atoms with Gasteiger partial charge >= 0.3 is 0 Å². The lowest BCUT2D eigenvalue weighted by atomic mass is 10.2. The average Bonchev–Trinajstić information content (AvgIpc) is 2.78. The van der Waals surface area contributed by atoms with Crippen molar-refractivity contribution in [2.45, 2.75) is 6.54 Å². The van der Waals surface area contributed by atoms with Crippen molar-refractivity contribution in [2.24, 2.45) is 5.10 Å². The topological polar surface area (TPSA) is 54.9 Å².